The zero-order valence-electron chi connectivity index (χ0n) is 11.1. The third-order valence-electron chi connectivity index (χ3n) is 3.15. The lowest BCUT2D eigenvalue weighted by molar-refractivity contribution is 0.0699. The molecule has 1 atom stereocenters. The van der Waals surface area contributed by atoms with Crippen molar-refractivity contribution in [2.45, 2.75) is 20.3 Å². The van der Waals surface area contributed by atoms with Crippen LogP contribution >= 0.6 is 0 Å². The van der Waals surface area contributed by atoms with Crippen LogP contribution < -0.4 is 5.32 Å². The van der Waals surface area contributed by atoms with Gasteiger partial charge in [0.25, 0.3) is 0 Å². The lowest BCUT2D eigenvalue weighted by atomic mass is 10.1. The Bertz CT molecular complexity index is 598. The van der Waals surface area contributed by atoms with Crippen molar-refractivity contribution < 1.29 is 9.90 Å². The number of carboxylic acid groups (broad SMARTS) is 1. The van der Waals surface area contributed by atoms with Crippen LogP contribution in [0.2, 0.25) is 0 Å². The van der Waals surface area contributed by atoms with E-state index in [1.165, 1.54) is 0 Å². The number of aromatic nitrogens is 2. The third kappa shape index (κ3) is 2.99. The van der Waals surface area contributed by atoms with Gasteiger partial charge in [-0.15, -0.1) is 0 Å². The summed E-state index contributed by atoms with van der Waals surface area (Å²) >= 11 is 0. The van der Waals surface area contributed by atoms with E-state index in [4.69, 9.17) is 5.11 Å². The van der Waals surface area contributed by atoms with Gasteiger partial charge >= 0.3 is 5.97 Å². The fraction of sp³-hybridized carbons (Fsp3) is 0.357. The molecule has 0 saturated carbocycles. The van der Waals surface area contributed by atoms with E-state index in [1.54, 1.807) is 24.4 Å². The highest BCUT2D eigenvalue weighted by atomic mass is 16.4. The van der Waals surface area contributed by atoms with Gasteiger partial charge < -0.3 is 10.4 Å². The Morgan fingerprint density at radius 2 is 2.26 bits per heavy atom. The van der Waals surface area contributed by atoms with Crippen molar-refractivity contribution in [1.29, 1.82) is 0 Å². The lowest BCUT2D eigenvalue weighted by Crippen LogP contribution is -2.12. The number of nitrogens with zero attached hydrogens (tertiary/aromatic N) is 2. The van der Waals surface area contributed by atoms with Crippen LogP contribution in [-0.4, -0.2) is 27.6 Å². The van der Waals surface area contributed by atoms with Gasteiger partial charge in [-0.3, -0.25) is 0 Å². The van der Waals surface area contributed by atoms with Crippen molar-refractivity contribution in [2.24, 2.45) is 5.92 Å². The number of para-hydroxylation sites is 1. The fourth-order valence-electron chi connectivity index (χ4n) is 1.72. The molecule has 2 rings (SSSR count). The van der Waals surface area contributed by atoms with E-state index >= 15 is 0 Å². The van der Waals surface area contributed by atoms with Gasteiger partial charge in [-0.2, -0.15) is 0 Å². The number of fused-ring (bicyclic) bond motifs is 1. The smallest absolute Gasteiger partial charge is 0.337 e. The molecule has 2 aromatic rings. The Labute approximate surface area is 111 Å². The second-order valence-corrected chi connectivity index (χ2v) is 4.64. The van der Waals surface area contributed by atoms with Crippen LogP contribution in [0.1, 0.15) is 30.6 Å². The van der Waals surface area contributed by atoms with E-state index in [0.717, 1.165) is 18.4 Å². The molecule has 1 aromatic carbocycles. The highest BCUT2D eigenvalue weighted by Gasteiger charge is 2.10. The van der Waals surface area contributed by atoms with E-state index in [0.29, 0.717) is 17.4 Å². The molecule has 0 aliphatic rings. The monoisotopic (exact) mass is 259 g/mol. The van der Waals surface area contributed by atoms with Gasteiger partial charge in [0.1, 0.15) is 0 Å². The van der Waals surface area contributed by atoms with Gasteiger partial charge in [0.2, 0.25) is 5.95 Å². The first-order valence-corrected chi connectivity index (χ1v) is 6.34. The standard InChI is InChI=1S/C14H17N3O2/c1-3-9(2)7-15-14-16-8-10-5-4-6-11(13(18)19)12(10)17-14/h4-6,8-9H,3,7H2,1-2H3,(H,18,19)(H,15,16,17). The number of carboxylic acids is 1. The molecule has 5 nitrogen and oxygen atoms in total. The molecule has 0 amide bonds. The average molecular weight is 259 g/mol. The molecule has 19 heavy (non-hydrogen) atoms. The first-order valence-electron chi connectivity index (χ1n) is 6.34. The first-order chi connectivity index (χ1) is 9.11. The maximum Gasteiger partial charge on any atom is 0.337 e. The molecular formula is C14H17N3O2. The van der Waals surface area contributed by atoms with E-state index in [1.807, 2.05) is 0 Å². The van der Waals surface area contributed by atoms with Gasteiger partial charge in [0, 0.05) is 18.1 Å². The van der Waals surface area contributed by atoms with E-state index in [-0.39, 0.29) is 5.56 Å². The van der Waals surface area contributed by atoms with Crippen LogP contribution in [0.25, 0.3) is 10.9 Å². The van der Waals surface area contributed by atoms with Crippen LogP contribution in [0.4, 0.5) is 5.95 Å². The van der Waals surface area contributed by atoms with Gasteiger partial charge in [-0.25, -0.2) is 14.8 Å². The molecule has 1 aromatic heterocycles. The summed E-state index contributed by atoms with van der Waals surface area (Å²) in [5.41, 5.74) is 0.670. The van der Waals surface area contributed by atoms with Crippen molar-refractivity contribution in [2.75, 3.05) is 11.9 Å². The maximum absolute atomic E-state index is 11.2. The van der Waals surface area contributed by atoms with Crippen LogP contribution in [0.5, 0.6) is 0 Å². The molecule has 0 aliphatic heterocycles. The van der Waals surface area contributed by atoms with Crippen LogP contribution in [0, 0.1) is 5.92 Å². The Morgan fingerprint density at radius 3 is 2.95 bits per heavy atom. The summed E-state index contributed by atoms with van der Waals surface area (Å²) in [4.78, 5) is 19.7. The molecule has 100 valence electrons. The predicted octanol–water partition coefficient (Wildman–Crippen LogP) is 2.79. The molecule has 0 saturated heterocycles. The molecule has 1 heterocycles. The molecule has 0 bridgehead atoms. The predicted molar refractivity (Wildman–Crippen MR) is 74.4 cm³/mol. The van der Waals surface area contributed by atoms with E-state index in [9.17, 15) is 4.79 Å². The zero-order valence-corrected chi connectivity index (χ0v) is 11.1. The average Bonchev–Trinajstić information content (AvgIpc) is 2.43. The highest BCUT2D eigenvalue weighted by molar-refractivity contribution is 6.01. The van der Waals surface area contributed by atoms with E-state index < -0.39 is 5.97 Å². The first kappa shape index (κ1) is 13.3. The van der Waals surface area contributed by atoms with Gasteiger partial charge in [-0.05, 0) is 12.0 Å². The maximum atomic E-state index is 11.2. The normalized spacial score (nSPS) is 12.3. The fourth-order valence-corrected chi connectivity index (χ4v) is 1.72. The Morgan fingerprint density at radius 1 is 1.47 bits per heavy atom. The van der Waals surface area contributed by atoms with Crippen molar-refractivity contribution >= 4 is 22.8 Å². The molecule has 0 fully saturated rings. The molecule has 2 N–H and O–H groups in total. The van der Waals surface area contributed by atoms with E-state index in [2.05, 4.69) is 29.1 Å². The third-order valence-corrected chi connectivity index (χ3v) is 3.15. The second kappa shape index (κ2) is 5.65. The summed E-state index contributed by atoms with van der Waals surface area (Å²) in [7, 11) is 0. The number of anilines is 1. The largest absolute Gasteiger partial charge is 0.478 e. The number of benzene rings is 1. The van der Waals surface area contributed by atoms with Crippen molar-refractivity contribution in [1.82, 2.24) is 9.97 Å². The van der Waals surface area contributed by atoms with Crippen LogP contribution in [0.15, 0.2) is 24.4 Å². The Hall–Kier alpha value is -2.17. The molecule has 5 heteroatoms. The summed E-state index contributed by atoms with van der Waals surface area (Å²) in [6, 6.07) is 5.05. The molecule has 1 unspecified atom stereocenters. The summed E-state index contributed by atoms with van der Waals surface area (Å²) < 4.78 is 0. The Balaban J connectivity index is 2.33. The number of rotatable bonds is 5. The quantitative estimate of drug-likeness (QED) is 0.863. The Kier molecular flexibility index (Phi) is 3.94. The molecule has 0 aliphatic carbocycles. The minimum atomic E-state index is -0.975. The van der Waals surface area contributed by atoms with Gasteiger partial charge in [0.15, 0.2) is 0 Å². The molecule has 0 spiro atoms. The van der Waals surface area contributed by atoms with Crippen LogP contribution in [0.3, 0.4) is 0 Å². The van der Waals surface area contributed by atoms with Gasteiger partial charge in [0.05, 0.1) is 11.1 Å². The number of nitrogens with one attached hydrogen (secondary N) is 1. The number of aromatic carboxylic acids is 1. The highest BCUT2D eigenvalue weighted by Crippen LogP contribution is 2.17. The van der Waals surface area contributed by atoms with Gasteiger partial charge in [-0.1, -0.05) is 32.4 Å². The summed E-state index contributed by atoms with van der Waals surface area (Å²) in [5, 5.41) is 13.0. The number of carbonyl (C=O) groups is 1. The van der Waals surface area contributed by atoms with Crippen LogP contribution in [-0.2, 0) is 0 Å². The second-order valence-electron chi connectivity index (χ2n) is 4.64. The molecule has 0 radical (unpaired) electrons. The minimum Gasteiger partial charge on any atom is -0.478 e. The number of hydrogen-bond acceptors (Lipinski definition) is 4. The lowest BCUT2D eigenvalue weighted by Gasteiger charge is -2.10. The van der Waals surface area contributed by atoms with Crippen molar-refractivity contribution in [3.8, 4) is 0 Å². The topological polar surface area (TPSA) is 75.1 Å². The van der Waals surface area contributed by atoms with Crippen molar-refractivity contribution in [3.63, 3.8) is 0 Å². The summed E-state index contributed by atoms with van der Waals surface area (Å²) in [5.74, 6) is 0.0210. The summed E-state index contributed by atoms with van der Waals surface area (Å²) in [6.45, 7) is 5.03. The van der Waals surface area contributed by atoms with Crippen molar-refractivity contribution in [3.05, 3.63) is 30.0 Å². The summed E-state index contributed by atoms with van der Waals surface area (Å²) in [6.07, 6.45) is 2.72. The zero-order chi connectivity index (χ0) is 13.8. The number of hydrogen-bond donors (Lipinski definition) is 2. The minimum absolute atomic E-state index is 0.200. The molecular weight excluding hydrogens is 242 g/mol. The SMILES string of the molecule is CCC(C)CNc1ncc2cccc(C(=O)O)c2n1.